The predicted octanol–water partition coefficient (Wildman–Crippen LogP) is 2.04. The molecule has 0 bridgehead atoms. The van der Waals surface area contributed by atoms with Gasteiger partial charge in [0.15, 0.2) is 14.3 Å². The van der Waals surface area contributed by atoms with Crippen LogP contribution < -0.4 is 5.73 Å². The van der Waals surface area contributed by atoms with Gasteiger partial charge in [-0.15, -0.1) is 10.2 Å². The molecule has 0 atom stereocenters. The lowest BCUT2D eigenvalue weighted by atomic mass is 10.6. The van der Waals surface area contributed by atoms with E-state index in [0.717, 1.165) is 19.4 Å². The summed E-state index contributed by atoms with van der Waals surface area (Å²) in [6, 6.07) is 0. The topological polar surface area (TPSA) is 82.0 Å². The maximum Gasteiger partial charge on any atom is 0.181 e. The second-order valence-corrected chi connectivity index (χ2v) is 6.54. The molecular weight excluding hydrogens is 288 g/mol. The summed E-state index contributed by atoms with van der Waals surface area (Å²) in [5, 5.41) is 8.88. The Morgan fingerprint density at radius 1 is 1.33 bits per heavy atom. The van der Waals surface area contributed by atoms with Crippen LogP contribution in [0, 0.1) is 0 Å². The fourth-order valence-electron chi connectivity index (χ4n) is 1.39. The molecule has 0 aromatic carbocycles. The Bertz CT molecular complexity index is 690. The molecule has 2 N–H and O–H groups in total. The number of rotatable bonds is 3. The molecule has 92 valence electrons. The molecule has 6 nitrogen and oxygen atoms in total. The molecule has 0 saturated carbocycles. The molecule has 0 amide bonds. The highest BCUT2D eigenvalue weighted by atomic mass is 32.2. The summed E-state index contributed by atoms with van der Waals surface area (Å²) in [6.07, 6.45) is 7.26. The lowest BCUT2D eigenvalue weighted by molar-refractivity contribution is 0.952. The van der Waals surface area contributed by atoms with Crippen LogP contribution in [-0.4, -0.2) is 30.8 Å². The second-order valence-electron chi connectivity index (χ2n) is 3.27. The highest BCUT2D eigenvalue weighted by Gasteiger charge is 2.11. The zero-order valence-electron chi connectivity index (χ0n) is 9.27. The minimum absolute atomic E-state index is 0.456. The highest BCUT2D eigenvalue weighted by Crippen LogP contribution is 2.33. The molecule has 0 aliphatic rings. The molecular formula is C9H8N6S3. The Kier molecular flexibility index (Phi) is 3.10. The average Bonchev–Trinajstić information content (AvgIpc) is 2.97. The molecule has 9 heteroatoms. The van der Waals surface area contributed by atoms with Gasteiger partial charge in [-0.2, -0.15) is 0 Å². The smallest absolute Gasteiger partial charge is 0.181 e. The number of thioether (sulfide) groups is 1. The number of nitrogens with zero attached hydrogens (tertiary/aromatic N) is 5. The van der Waals surface area contributed by atoms with Gasteiger partial charge in [0.1, 0.15) is 10.8 Å². The van der Waals surface area contributed by atoms with Gasteiger partial charge < -0.3 is 10.1 Å². The van der Waals surface area contributed by atoms with Crippen LogP contribution in [0.15, 0.2) is 32.3 Å². The number of aromatic nitrogens is 5. The zero-order valence-corrected chi connectivity index (χ0v) is 11.7. The van der Waals surface area contributed by atoms with Gasteiger partial charge in [-0.1, -0.05) is 23.1 Å². The number of imidazole rings is 1. The lowest BCUT2D eigenvalue weighted by Gasteiger charge is -2.01. The van der Waals surface area contributed by atoms with Crippen LogP contribution in [0.2, 0.25) is 0 Å². The van der Waals surface area contributed by atoms with E-state index in [2.05, 4.69) is 20.2 Å². The Balaban J connectivity index is 2.00. The van der Waals surface area contributed by atoms with Gasteiger partial charge in [-0.05, 0) is 18.0 Å². The first-order valence-electron chi connectivity index (χ1n) is 4.91. The summed E-state index contributed by atoms with van der Waals surface area (Å²) in [5.41, 5.74) is 6.53. The summed E-state index contributed by atoms with van der Waals surface area (Å²) in [4.78, 5) is 8.55. The lowest BCUT2D eigenvalue weighted by Crippen LogP contribution is -1.97. The van der Waals surface area contributed by atoms with Gasteiger partial charge in [0.05, 0.1) is 6.20 Å². The van der Waals surface area contributed by atoms with E-state index in [1.54, 1.807) is 24.2 Å². The maximum atomic E-state index is 5.76. The Labute approximate surface area is 115 Å². The number of nitrogens with two attached hydrogens (primary N) is 1. The summed E-state index contributed by atoms with van der Waals surface area (Å²) in [6.45, 7) is 0. The normalized spacial score (nSPS) is 11.2. The number of hydrogen-bond acceptors (Lipinski definition) is 8. The third-order valence-electron chi connectivity index (χ3n) is 2.11. The van der Waals surface area contributed by atoms with Crippen molar-refractivity contribution in [2.75, 3.05) is 12.0 Å². The van der Waals surface area contributed by atoms with Crippen molar-refractivity contribution in [2.24, 2.45) is 0 Å². The molecule has 0 unspecified atom stereocenters. The molecule has 0 aliphatic heterocycles. The van der Waals surface area contributed by atoms with Crippen LogP contribution >= 0.6 is 34.9 Å². The summed E-state index contributed by atoms with van der Waals surface area (Å²) < 4.78 is 3.62. The van der Waals surface area contributed by atoms with E-state index in [9.17, 15) is 0 Å². The van der Waals surface area contributed by atoms with Crippen LogP contribution in [0.25, 0.3) is 5.65 Å². The minimum Gasteiger partial charge on any atom is -0.382 e. The molecule has 0 saturated heterocycles. The van der Waals surface area contributed by atoms with Crippen LogP contribution in [-0.2, 0) is 0 Å². The first-order chi connectivity index (χ1) is 8.76. The average molecular weight is 296 g/mol. The monoisotopic (exact) mass is 296 g/mol. The van der Waals surface area contributed by atoms with E-state index >= 15 is 0 Å². The molecule has 3 aromatic heterocycles. The van der Waals surface area contributed by atoms with Crippen molar-refractivity contribution in [3.05, 3.63) is 18.6 Å². The number of fused-ring (bicyclic) bond motifs is 1. The van der Waals surface area contributed by atoms with Gasteiger partial charge in [0.25, 0.3) is 0 Å². The molecule has 3 aromatic rings. The Hall–Kier alpha value is -1.32. The SMILES string of the molecule is CSc1nnc(Sc2nc(N)cn3ccnc23)s1. The van der Waals surface area contributed by atoms with Crippen molar-refractivity contribution in [1.29, 1.82) is 0 Å². The van der Waals surface area contributed by atoms with Gasteiger partial charge in [-0.3, -0.25) is 0 Å². The third kappa shape index (κ3) is 2.16. The van der Waals surface area contributed by atoms with Crippen molar-refractivity contribution in [3.8, 4) is 0 Å². The molecule has 3 heterocycles. The molecule has 18 heavy (non-hydrogen) atoms. The Morgan fingerprint density at radius 2 is 2.17 bits per heavy atom. The number of hydrogen-bond donors (Lipinski definition) is 1. The van der Waals surface area contributed by atoms with Gasteiger partial charge in [-0.25, -0.2) is 9.97 Å². The van der Waals surface area contributed by atoms with Crippen LogP contribution in [0.3, 0.4) is 0 Å². The zero-order chi connectivity index (χ0) is 12.5. The van der Waals surface area contributed by atoms with Crippen LogP contribution in [0.4, 0.5) is 5.82 Å². The summed E-state index contributed by atoms with van der Waals surface area (Å²) in [5.74, 6) is 0.456. The van der Waals surface area contributed by atoms with Crippen molar-refractivity contribution in [3.63, 3.8) is 0 Å². The third-order valence-corrected chi connectivity index (χ3v) is 5.03. The van der Waals surface area contributed by atoms with E-state index in [1.807, 2.05) is 16.9 Å². The van der Waals surface area contributed by atoms with E-state index in [4.69, 9.17) is 5.73 Å². The fourth-order valence-corrected chi connectivity index (χ4v) is 3.84. The predicted molar refractivity (Wildman–Crippen MR) is 73.2 cm³/mol. The van der Waals surface area contributed by atoms with E-state index < -0.39 is 0 Å². The van der Waals surface area contributed by atoms with E-state index in [0.29, 0.717) is 5.82 Å². The number of anilines is 1. The summed E-state index contributed by atoms with van der Waals surface area (Å²) in [7, 11) is 0. The summed E-state index contributed by atoms with van der Waals surface area (Å²) >= 11 is 4.53. The standard InChI is InChI=1S/C9H8N6S3/c1-16-8-13-14-9(18-8)17-7-6-11-2-3-15(6)4-5(10)12-7/h2-4H,10H2,1H3. The van der Waals surface area contributed by atoms with Gasteiger partial charge in [0.2, 0.25) is 0 Å². The first kappa shape index (κ1) is 11.8. The molecule has 0 aliphatic carbocycles. The van der Waals surface area contributed by atoms with Crippen LogP contribution in [0.1, 0.15) is 0 Å². The molecule has 0 spiro atoms. The molecule has 0 radical (unpaired) electrons. The van der Waals surface area contributed by atoms with Gasteiger partial charge >= 0.3 is 0 Å². The van der Waals surface area contributed by atoms with Crippen LogP contribution in [0.5, 0.6) is 0 Å². The number of nitrogen functional groups attached to an aromatic ring is 1. The largest absolute Gasteiger partial charge is 0.382 e. The fraction of sp³-hybridized carbons (Fsp3) is 0.111. The van der Waals surface area contributed by atoms with Crippen molar-refractivity contribution < 1.29 is 0 Å². The van der Waals surface area contributed by atoms with E-state index in [1.165, 1.54) is 23.1 Å². The first-order valence-corrected chi connectivity index (χ1v) is 7.76. The van der Waals surface area contributed by atoms with Gasteiger partial charge in [0, 0.05) is 12.4 Å². The molecule has 3 rings (SSSR count). The van der Waals surface area contributed by atoms with Crippen molar-refractivity contribution in [2.45, 2.75) is 13.7 Å². The second kappa shape index (κ2) is 4.75. The maximum absolute atomic E-state index is 5.76. The molecule has 0 fully saturated rings. The van der Waals surface area contributed by atoms with E-state index in [-0.39, 0.29) is 0 Å². The van der Waals surface area contributed by atoms with Crippen molar-refractivity contribution >= 4 is 46.3 Å². The Morgan fingerprint density at radius 3 is 2.94 bits per heavy atom. The minimum atomic E-state index is 0.456. The highest BCUT2D eigenvalue weighted by molar-refractivity contribution is 8.03. The van der Waals surface area contributed by atoms with Crippen molar-refractivity contribution in [1.82, 2.24) is 24.6 Å². The quantitative estimate of drug-likeness (QED) is 0.740.